The van der Waals surface area contributed by atoms with Crippen molar-refractivity contribution in [2.75, 3.05) is 13.7 Å². The number of aromatic nitrogens is 2. The zero-order valence-corrected chi connectivity index (χ0v) is 13.4. The Bertz CT molecular complexity index is 434. The summed E-state index contributed by atoms with van der Waals surface area (Å²) in [7, 11) is 1.73. The molecule has 0 aromatic carbocycles. The molecule has 0 aliphatic heterocycles. The first kappa shape index (κ1) is 15.4. The fourth-order valence-electron chi connectivity index (χ4n) is 2.67. The number of nitrogens with zero attached hydrogens (tertiary/aromatic N) is 2. The van der Waals surface area contributed by atoms with Gasteiger partial charge in [-0.2, -0.15) is 0 Å². The lowest BCUT2D eigenvalue weighted by atomic mass is 9.97. The molecule has 2 atom stereocenters. The zero-order valence-electron chi connectivity index (χ0n) is 13.4. The summed E-state index contributed by atoms with van der Waals surface area (Å²) in [5, 5.41) is 3.59. The molecule has 0 bridgehead atoms. The summed E-state index contributed by atoms with van der Waals surface area (Å²) in [4.78, 5) is 9.33. The average Bonchev–Trinajstić information content (AvgIpc) is 3.19. The van der Waals surface area contributed by atoms with E-state index in [1.54, 1.807) is 7.11 Å². The van der Waals surface area contributed by atoms with Crippen LogP contribution in [-0.2, 0) is 11.2 Å². The van der Waals surface area contributed by atoms with E-state index in [1.165, 1.54) is 18.4 Å². The van der Waals surface area contributed by atoms with Gasteiger partial charge in [-0.3, -0.25) is 0 Å². The summed E-state index contributed by atoms with van der Waals surface area (Å²) >= 11 is 0. The van der Waals surface area contributed by atoms with Gasteiger partial charge in [0.25, 0.3) is 0 Å². The van der Waals surface area contributed by atoms with Gasteiger partial charge in [0.1, 0.15) is 5.82 Å². The molecule has 0 radical (unpaired) electrons. The molecule has 20 heavy (non-hydrogen) atoms. The molecule has 1 heterocycles. The highest BCUT2D eigenvalue weighted by atomic mass is 16.5. The Kier molecular flexibility index (Phi) is 5.11. The average molecular weight is 277 g/mol. The maximum absolute atomic E-state index is 5.29. The van der Waals surface area contributed by atoms with Crippen LogP contribution in [-0.4, -0.2) is 35.8 Å². The lowest BCUT2D eigenvalue weighted by Gasteiger charge is -2.18. The molecule has 2 unspecified atom stereocenters. The van der Waals surface area contributed by atoms with Gasteiger partial charge in [-0.25, -0.2) is 9.97 Å². The van der Waals surface area contributed by atoms with Crippen LogP contribution >= 0.6 is 0 Å². The van der Waals surface area contributed by atoms with Crippen molar-refractivity contribution in [3.8, 4) is 0 Å². The van der Waals surface area contributed by atoms with Crippen molar-refractivity contribution in [2.45, 2.75) is 65.0 Å². The molecule has 1 fully saturated rings. The van der Waals surface area contributed by atoms with E-state index < -0.39 is 0 Å². The van der Waals surface area contributed by atoms with Crippen molar-refractivity contribution >= 4 is 0 Å². The van der Waals surface area contributed by atoms with Crippen molar-refractivity contribution in [1.82, 2.24) is 15.3 Å². The number of aryl methyl sites for hydroxylation is 2. The fraction of sp³-hybridized carbons (Fsp3) is 0.750. The quantitative estimate of drug-likeness (QED) is 0.832. The third-order valence-corrected chi connectivity index (χ3v) is 4.03. The van der Waals surface area contributed by atoms with Crippen LogP contribution in [0, 0.1) is 13.8 Å². The lowest BCUT2D eigenvalue weighted by molar-refractivity contribution is 0.117. The largest absolute Gasteiger partial charge is 0.381 e. The number of hydrogen-bond acceptors (Lipinski definition) is 4. The molecule has 0 amide bonds. The van der Waals surface area contributed by atoms with Gasteiger partial charge in [0.15, 0.2) is 0 Å². The number of hydrogen-bond donors (Lipinski definition) is 1. The van der Waals surface area contributed by atoms with Gasteiger partial charge >= 0.3 is 0 Å². The Morgan fingerprint density at radius 1 is 1.20 bits per heavy atom. The first-order chi connectivity index (χ1) is 9.51. The van der Waals surface area contributed by atoms with E-state index in [0.29, 0.717) is 5.92 Å². The Morgan fingerprint density at radius 3 is 2.30 bits per heavy atom. The molecular weight excluding hydrogens is 250 g/mol. The highest BCUT2D eigenvalue weighted by molar-refractivity contribution is 5.28. The van der Waals surface area contributed by atoms with Crippen LogP contribution in [0.25, 0.3) is 0 Å². The van der Waals surface area contributed by atoms with E-state index >= 15 is 0 Å². The topological polar surface area (TPSA) is 47.0 Å². The third kappa shape index (κ3) is 4.00. The number of rotatable bonds is 7. The maximum atomic E-state index is 5.29. The number of methoxy groups -OCH3 is 1. The van der Waals surface area contributed by atoms with Crippen LogP contribution in [0.5, 0.6) is 0 Å². The van der Waals surface area contributed by atoms with Crippen LogP contribution in [0.4, 0.5) is 0 Å². The van der Waals surface area contributed by atoms with E-state index in [-0.39, 0.29) is 6.10 Å². The zero-order chi connectivity index (χ0) is 14.7. The van der Waals surface area contributed by atoms with Crippen molar-refractivity contribution in [2.24, 2.45) is 0 Å². The number of ether oxygens (including phenoxy) is 1. The summed E-state index contributed by atoms with van der Waals surface area (Å²) in [6, 6.07) is 0.751. The Hall–Kier alpha value is -1.00. The molecular formula is C16H27N3O. The second-order valence-electron chi connectivity index (χ2n) is 6.06. The highest BCUT2D eigenvalue weighted by Gasteiger charge is 2.22. The monoisotopic (exact) mass is 277 g/mol. The molecule has 2 rings (SSSR count). The Morgan fingerprint density at radius 2 is 1.80 bits per heavy atom. The second kappa shape index (κ2) is 6.64. The molecule has 1 saturated carbocycles. The van der Waals surface area contributed by atoms with Gasteiger partial charge in [-0.15, -0.1) is 0 Å². The maximum Gasteiger partial charge on any atom is 0.131 e. The summed E-state index contributed by atoms with van der Waals surface area (Å²) in [5.74, 6) is 1.35. The minimum Gasteiger partial charge on any atom is -0.381 e. The summed E-state index contributed by atoms with van der Waals surface area (Å²) in [5.41, 5.74) is 3.52. The van der Waals surface area contributed by atoms with Crippen molar-refractivity contribution in [3.05, 3.63) is 22.8 Å². The number of nitrogens with one attached hydrogen (secondary N) is 1. The summed E-state index contributed by atoms with van der Waals surface area (Å²) in [6.07, 6.45) is 3.59. The lowest BCUT2D eigenvalue weighted by Crippen LogP contribution is -2.24. The third-order valence-electron chi connectivity index (χ3n) is 4.03. The van der Waals surface area contributed by atoms with E-state index in [0.717, 1.165) is 36.2 Å². The Labute approximate surface area is 122 Å². The summed E-state index contributed by atoms with van der Waals surface area (Å²) < 4.78 is 5.29. The molecule has 112 valence electrons. The first-order valence-electron chi connectivity index (χ1n) is 7.61. The SMILES string of the molecule is COC(C)Cc1nc(C)c(C(C)CNC2CC2)c(C)n1. The normalized spacial score (nSPS) is 18.1. The van der Waals surface area contributed by atoms with Crippen molar-refractivity contribution in [3.63, 3.8) is 0 Å². The van der Waals surface area contributed by atoms with E-state index in [2.05, 4.69) is 36.1 Å². The van der Waals surface area contributed by atoms with Gasteiger partial charge in [-0.05, 0) is 45.1 Å². The van der Waals surface area contributed by atoms with Crippen LogP contribution in [0.2, 0.25) is 0 Å². The van der Waals surface area contributed by atoms with Crippen LogP contribution in [0.15, 0.2) is 0 Å². The van der Waals surface area contributed by atoms with Crippen molar-refractivity contribution in [1.29, 1.82) is 0 Å². The molecule has 1 aromatic rings. The van der Waals surface area contributed by atoms with Gasteiger partial charge in [0.05, 0.1) is 6.10 Å². The minimum atomic E-state index is 0.161. The molecule has 1 N–H and O–H groups in total. The predicted molar refractivity (Wildman–Crippen MR) is 81.1 cm³/mol. The predicted octanol–water partition coefficient (Wildman–Crippen LogP) is 2.53. The minimum absolute atomic E-state index is 0.161. The van der Waals surface area contributed by atoms with E-state index in [1.807, 2.05) is 6.92 Å². The Balaban J connectivity index is 2.08. The molecule has 1 aliphatic rings. The molecule has 4 heteroatoms. The van der Waals surface area contributed by atoms with Crippen molar-refractivity contribution < 1.29 is 4.74 Å². The molecule has 1 aromatic heterocycles. The fourth-order valence-corrected chi connectivity index (χ4v) is 2.67. The highest BCUT2D eigenvalue weighted by Crippen LogP contribution is 2.24. The van der Waals surface area contributed by atoms with Gasteiger partial charge in [-0.1, -0.05) is 6.92 Å². The second-order valence-corrected chi connectivity index (χ2v) is 6.06. The van der Waals surface area contributed by atoms with E-state index in [4.69, 9.17) is 4.74 Å². The smallest absolute Gasteiger partial charge is 0.131 e. The van der Waals surface area contributed by atoms with Crippen LogP contribution < -0.4 is 5.32 Å². The van der Waals surface area contributed by atoms with Crippen LogP contribution in [0.3, 0.4) is 0 Å². The van der Waals surface area contributed by atoms with E-state index in [9.17, 15) is 0 Å². The molecule has 0 saturated heterocycles. The van der Waals surface area contributed by atoms with Gasteiger partial charge < -0.3 is 10.1 Å². The standard InChI is InChI=1S/C16H27N3O/c1-10(9-17-14-6-7-14)16-12(3)18-15(19-13(16)4)8-11(2)20-5/h10-11,14,17H,6-9H2,1-5H3. The van der Waals surface area contributed by atoms with Gasteiger partial charge in [0.2, 0.25) is 0 Å². The van der Waals surface area contributed by atoms with Gasteiger partial charge in [0, 0.05) is 37.5 Å². The molecule has 0 spiro atoms. The van der Waals surface area contributed by atoms with Crippen LogP contribution in [0.1, 0.15) is 55.4 Å². The first-order valence-corrected chi connectivity index (χ1v) is 7.61. The molecule has 4 nitrogen and oxygen atoms in total. The summed E-state index contributed by atoms with van der Waals surface area (Å²) in [6.45, 7) is 9.51. The molecule has 1 aliphatic carbocycles.